The lowest BCUT2D eigenvalue weighted by Crippen LogP contribution is -2.33. The molecule has 0 aliphatic carbocycles. The van der Waals surface area contributed by atoms with E-state index in [1.54, 1.807) is 0 Å². The first-order valence-electron chi connectivity index (χ1n) is 8.83. The van der Waals surface area contributed by atoms with Crippen molar-refractivity contribution in [3.8, 4) is 0 Å². The molecule has 4 rings (SSSR count). The molecule has 1 atom stereocenters. The van der Waals surface area contributed by atoms with Crippen molar-refractivity contribution in [3.05, 3.63) is 23.4 Å². The Morgan fingerprint density at radius 1 is 1.21 bits per heavy atom. The van der Waals surface area contributed by atoms with E-state index in [1.165, 1.54) is 6.42 Å². The molecule has 0 bridgehead atoms. The number of hydrogen-bond acceptors (Lipinski definition) is 6. The van der Waals surface area contributed by atoms with Gasteiger partial charge in [-0.2, -0.15) is 4.98 Å². The van der Waals surface area contributed by atoms with Crippen LogP contribution in [0.25, 0.3) is 0 Å². The van der Waals surface area contributed by atoms with Crippen molar-refractivity contribution in [2.75, 3.05) is 6.54 Å². The second kappa shape index (κ2) is 6.33. The van der Waals surface area contributed by atoms with Crippen molar-refractivity contribution in [2.24, 2.45) is 0 Å². The summed E-state index contributed by atoms with van der Waals surface area (Å²) in [6.07, 6.45) is 6.75. The maximum absolute atomic E-state index is 13.1. The van der Waals surface area contributed by atoms with E-state index in [-0.39, 0.29) is 11.9 Å². The Labute approximate surface area is 140 Å². The van der Waals surface area contributed by atoms with Gasteiger partial charge in [0.15, 0.2) is 5.82 Å². The van der Waals surface area contributed by atoms with Gasteiger partial charge < -0.3 is 14.0 Å². The Bertz CT molecular complexity index is 737. The first-order valence-corrected chi connectivity index (χ1v) is 8.83. The average Bonchev–Trinajstić information content (AvgIpc) is 3.30. The molecule has 0 aromatic carbocycles. The fraction of sp³-hybridized carbons (Fsp3) is 0.688. The summed E-state index contributed by atoms with van der Waals surface area (Å²) in [7, 11) is 0. The van der Waals surface area contributed by atoms with E-state index in [2.05, 4.69) is 20.3 Å². The average molecular weight is 330 g/mol. The highest BCUT2D eigenvalue weighted by Crippen LogP contribution is 2.32. The summed E-state index contributed by atoms with van der Waals surface area (Å²) in [6, 6.07) is -0.149. The summed E-state index contributed by atoms with van der Waals surface area (Å²) in [4.78, 5) is 19.3. The van der Waals surface area contributed by atoms with Gasteiger partial charge in [0, 0.05) is 25.9 Å². The van der Waals surface area contributed by atoms with Gasteiger partial charge in [-0.05, 0) is 25.7 Å². The summed E-state index contributed by atoms with van der Waals surface area (Å²) < 4.78 is 7.37. The van der Waals surface area contributed by atoms with Crippen molar-refractivity contribution < 1.29 is 9.32 Å². The van der Waals surface area contributed by atoms with Gasteiger partial charge in [0.1, 0.15) is 11.9 Å². The quantitative estimate of drug-likeness (QED) is 0.854. The summed E-state index contributed by atoms with van der Waals surface area (Å²) in [5.74, 6) is 2.52. The van der Waals surface area contributed by atoms with Crippen LogP contribution < -0.4 is 0 Å². The SMILES string of the molecule is CCc1noc([C@@H]2CCCN2C(=O)c2nnc3n2CCCCC3)n1. The van der Waals surface area contributed by atoms with Crippen LogP contribution in [0.2, 0.25) is 0 Å². The third kappa shape index (κ3) is 2.59. The number of fused-ring (bicyclic) bond motifs is 1. The molecule has 24 heavy (non-hydrogen) atoms. The van der Waals surface area contributed by atoms with Crippen molar-refractivity contribution >= 4 is 5.91 Å². The number of likely N-dealkylation sites (tertiary alicyclic amines) is 1. The molecule has 0 spiro atoms. The lowest BCUT2D eigenvalue weighted by molar-refractivity contribution is 0.0691. The van der Waals surface area contributed by atoms with Crippen LogP contribution in [0.4, 0.5) is 0 Å². The zero-order chi connectivity index (χ0) is 16.5. The zero-order valence-electron chi connectivity index (χ0n) is 13.9. The van der Waals surface area contributed by atoms with Gasteiger partial charge in [0.2, 0.25) is 11.7 Å². The molecule has 0 unspecified atom stereocenters. The third-order valence-corrected chi connectivity index (χ3v) is 4.90. The maximum atomic E-state index is 13.1. The summed E-state index contributed by atoms with van der Waals surface area (Å²) >= 11 is 0. The predicted octanol–water partition coefficient (Wildman–Crippen LogP) is 1.93. The number of carbonyl (C=O) groups excluding carboxylic acids is 1. The number of aryl methyl sites for hydroxylation is 2. The van der Waals surface area contributed by atoms with Crippen molar-refractivity contribution in [3.63, 3.8) is 0 Å². The summed E-state index contributed by atoms with van der Waals surface area (Å²) in [5, 5.41) is 12.4. The first kappa shape index (κ1) is 15.3. The monoisotopic (exact) mass is 330 g/mol. The topological polar surface area (TPSA) is 89.9 Å². The van der Waals surface area contributed by atoms with Crippen LogP contribution in [-0.2, 0) is 19.4 Å². The standard InChI is InChI=1S/C16H22N6O2/c1-2-12-17-15(24-20-12)11-7-6-10-21(11)16(23)14-19-18-13-8-4-3-5-9-22(13)14/h11H,2-10H2,1H3/t11-/m0/s1. The van der Waals surface area contributed by atoms with Crippen LogP contribution in [0, 0.1) is 0 Å². The molecule has 2 aromatic heterocycles. The van der Waals surface area contributed by atoms with Gasteiger partial charge in [0.25, 0.3) is 5.91 Å². The molecule has 4 heterocycles. The number of nitrogens with zero attached hydrogens (tertiary/aromatic N) is 6. The smallest absolute Gasteiger partial charge is 0.292 e. The molecule has 2 aromatic rings. The highest BCUT2D eigenvalue weighted by atomic mass is 16.5. The number of amides is 1. The second-order valence-corrected chi connectivity index (χ2v) is 6.46. The van der Waals surface area contributed by atoms with Gasteiger partial charge in [-0.1, -0.05) is 18.5 Å². The van der Waals surface area contributed by atoms with Gasteiger partial charge in [0.05, 0.1) is 0 Å². The van der Waals surface area contributed by atoms with E-state index in [1.807, 2.05) is 16.4 Å². The molecule has 8 heteroatoms. The minimum absolute atomic E-state index is 0.0746. The number of aromatic nitrogens is 5. The molecule has 1 fully saturated rings. The predicted molar refractivity (Wildman–Crippen MR) is 84.3 cm³/mol. The zero-order valence-corrected chi connectivity index (χ0v) is 13.9. The van der Waals surface area contributed by atoms with Gasteiger partial charge >= 0.3 is 0 Å². The second-order valence-electron chi connectivity index (χ2n) is 6.46. The van der Waals surface area contributed by atoms with Crippen LogP contribution in [0.5, 0.6) is 0 Å². The molecule has 2 aliphatic heterocycles. The molecular weight excluding hydrogens is 308 g/mol. The molecule has 8 nitrogen and oxygen atoms in total. The van der Waals surface area contributed by atoms with Crippen molar-refractivity contribution in [1.82, 2.24) is 29.8 Å². The van der Waals surface area contributed by atoms with Crippen LogP contribution >= 0.6 is 0 Å². The van der Waals surface area contributed by atoms with Crippen molar-refractivity contribution in [2.45, 2.75) is 64.5 Å². The van der Waals surface area contributed by atoms with E-state index in [0.717, 1.165) is 50.9 Å². The minimum atomic E-state index is -0.149. The Morgan fingerprint density at radius 2 is 2.12 bits per heavy atom. The molecule has 0 saturated carbocycles. The summed E-state index contributed by atoms with van der Waals surface area (Å²) in [6.45, 7) is 3.50. The molecule has 1 amide bonds. The van der Waals surface area contributed by atoms with Gasteiger partial charge in [-0.25, -0.2) is 0 Å². The minimum Gasteiger partial charge on any atom is -0.337 e. The molecule has 0 N–H and O–H groups in total. The van der Waals surface area contributed by atoms with E-state index in [9.17, 15) is 4.79 Å². The van der Waals surface area contributed by atoms with Crippen LogP contribution in [0.3, 0.4) is 0 Å². The van der Waals surface area contributed by atoms with Crippen LogP contribution in [0.15, 0.2) is 4.52 Å². The van der Waals surface area contributed by atoms with Crippen LogP contribution in [-0.4, -0.2) is 42.3 Å². The first-order chi connectivity index (χ1) is 11.8. The van der Waals surface area contributed by atoms with E-state index in [4.69, 9.17) is 4.52 Å². The fourth-order valence-corrected chi connectivity index (χ4v) is 3.58. The Balaban J connectivity index is 1.60. The van der Waals surface area contributed by atoms with Crippen molar-refractivity contribution in [1.29, 1.82) is 0 Å². The van der Waals surface area contributed by atoms with Gasteiger partial charge in [-0.15, -0.1) is 10.2 Å². The fourth-order valence-electron chi connectivity index (χ4n) is 3.58. The van der Waals surface area contributed by atoms with E-state index in [0.29, 0.717) is 24.1 Å². The third-order valence-electron chi connectivity index (χ3n) is 4.90. The molecule has 0 radical (unpaired) electrons. The number of carbonyl (C=O) groups is 1. The molecule has 128 valence electrons. The lowest BCUT2D eigenvalue weighted by Gasteiger charge is -2.21. The highest BCUT2D eigenvalue weighted by molar-refractivity contribution is 5.91. The number of hydrogen-bond donors (Lipinski definition) is 0. The lowest BCUT2D eigenvalue weighted by atomic mass is 10.2. The van der Waals surface area contributed by atoms with E-state index >= 15 is 0 Å². The molecular formula is C16H22N6O2. The Morgan fingerprint density at radius 3 is 2.96 bits per heavy atom. The molecule has 1 saturated heterocycles. The van der Waals surface area contributed by atoms with Crippen LogP contribution in [0.1, 0.15) is 73.2 Å². The Kier molecular flexibility index (Phi) is 4.03. The summed E-state index contributed by atoms with van der Waals surface area (Å²) in [5.41, 5.74) is 0. The number of rotatable bonds is 3. The Hall–Kier alpha value is -2.25. The molecule has 2 aliphatic rings. The normalized spacial score (nSPS) is 20.9. The van der Waals surface area contributed by atoms with Gasteiger partial charge in [-0.3, -0.25) is 4.79 Å². The van der Waals surface area contributed by atoms with E-state index < -0.39 is 0 Å². The highest BCUT2D eigenvalue weighted by Gasteiger charge is 2.36. The maximum Gasteiger partial charge on any atom is 0.292 e. The largest absolute Gasteiger partial charge is 0.337 e.